The Bertz CT molecular complexity index is 885. The Balaban J connectivity index is 2.17. The lowest BCUT2D eigenvalue weighted by Crippen LogP contribution is -2.48. The fraction of sp³-hybridized carbons (Fsp3) is 0.545. The van der Waals surface area contributed by atoms with Crippen molar-refractivity contribution in [2.75, 3.05) is 7.11 Å². The Hall–Kier alpha value is -2.94. The Morgan fingerprint density at radius 1 is 1.23 bits per heavy atom. The molecule has 168 valence electrons. The summed E-state index contributed by atoms with van der Waals surface area (Å²) in [5, 5.41) is 0. The Morgan fingerprint density at radius 3 is 2.48 bits per heavy atom. The fourth-order valence-electron chi connectivity index (χ4n) is 4.10. The van der Waals surface area contributed by atoms with E-state index in [1.54, 1.807) is 6.08 Å². The van der Waals surface area contributed by atoms with Crippen molar-refractivity contribution in [3.05, 3.63) is 36.0 Å². The van der Waals surface area contributed by atoms with Crippen molar-refractivity contribution in [3.63, 3.8) is 0 Å². The third-order valence-electron chi connectivity index (χ3n) is 5.77. The lowest BCUT2D eigenvalue weighted by atomic mass is 9.80. The van der Waals surface area contributed by atoms with Crippen LogP contribution in [0.25, 0.3) is 0 Å². The summed E-state index contributed by atoms with van der Waals surface area (Å²) < 4.78 is 27.4. The molecule has 1 aliphatic carbocycles. The zero-order valence-electron chi connectivity index (χ0n) is 18.0. The predicted octanol–water partition coefficient (Wildman–Crippen LogP) is 1.55. The van der Waals surface area contributed by atoms with Gasteiger partial charge in [-0.15, -0.1) is 0 Å². The highest BCUT2D eigenvalue weighted by molar-refractivity contribution is 5.93. The van der Waals surface area contributed by atoms with Crippen LogP contribution in [0.15, 0.2) is 36.0 Å². The first kappa shape index (κ1) is 22.7. The smallest absolute Gasteiger partial charge is 0.337 e. The molecule has 3 rings (SSSR count). The minimum atomic E-state index is -1.35. The molecule has 2 aliphatic heterocycles. The fourth-order valence-corrected chi connectivity index (χ4v) is 4.10. The Kier molecular flexibility index (Phi) is 6.09. The van der Waals surface area contributed by atoms with Gasteiger partial charge in [0.1, 0.15) is 12.2 Å². The number of ether oxygens (including phenoxy) is 5. The summed E-state index contributed by atoms with van der Waals surface area (Å²) in [4.78, 5) is 49.5. The lowest BCUT2D eigenvalue weighted by molar-refractivity contribution is -0.168. The van der Waals surface area contributed by atoms with Crippen LogP contribution in [0.2, 0.25) is 0 Å². The predicted molar refractivity (Wildman–Crippen MR) is 105 cm³/mol. The number of esters is 4. The monoisotopic (exact) mass is 434 g/mol. The number of carbonyl (C=O) groups excluding carboxylic acids is 4. The van der Waals surface area contributed by atoms with E-state index in [9.17, 15) is 19.2 Å². The molecule has 9 heteroatoms. The van der Waals surface area contributed by atoms with Crippen LogP contribution in [0.4, 0.5) is 0 Å². The number of hydrogen-bond donors (Lipinski definition) is 0. The maximum atomic E-state index is 12.6. The molecule has 0 aromatic carbocycles. The largest absolute Gasteiger partial charge is 0.466 e. The SMILES string of the molecule is C=C(C)C(=O)O[C@@H]1[C@@H]2C(=C)C(=O)O[C@@H]2[C@H]2O[C@]2(C)CCC=C(C(=O)OC)[C@H]1OC(C)=O. The first-order valence-electron chi connectivity index (χ1n) is 9.90. The summed E-state index contributed by atoms with van der Waals surface area (Å²) >= 11 is 0. The van der Waals surface area contributed by atoms with Crippen LogP contribution < -0.4 is 0 Å². The molecule has 0 radical (unpaired) electrons. The van der Waals surface area contributed by atoms with E-state index in [-0.39, 0.29) is 16.7 Å². The molecule has 0 aromatic rings. The zero-order chi connectivity index (χ0) is 23.1. The molecule has 0 unspecified atom stereocenters. The van der Waals surface area contributed by atoms with Crippen LogP contribution in [0.5, 0.6) is 0 Å². The van der Waals surface area contributed by atoms with Gasteiger partial charge >= 0.3 is 23.9 Å². The van der Waals surface area contributed by atoms with Crippen LogP contribution >= 0.6 is 0 Å². The quantitative estimate of drug-likeness (QED) is 0.281. The molecular weight excluding hydrogens is 408 g/mol. The zero-order valence-corrected chi connectivity index (χ0v) is 18.0. The van der Waals surface area contributed by atoms with E-state index in [0.717, 1.165) is 6.92 Å². The molecule has 31 heavy (non-hydrogen) atoms. The van der Waals surface area contributed by atoms with Crippen molar-refractivity contribution in [2.24, 2.45) is 5.92 Å². The molecule has 0 saturated carbocycles. The van der Waals surface area contributed by atoms with Gasteiger partial charge in [0.15, 0.2) is 12.2 Å². The van der Waals surface area contributed by atoms with E-state index in [1.165, 1.54) is 14.0 Å². The first-order valence-corrected chi connectivity index (χ1v) is 9.90. The second kappa shape index (κ2) is 8.30. The van der Waals surface area contributed by atoms with E-state index >= 15 is 0 Å². The molecule has 0 N–H and O–H groups in total. The molecule has 3 aliphatic rings. The molecule has 0 aromatic heterocycles. The van der Waals surface area contributed by atoms with Gasteiger partial charge in [-0.25, -0.2) is 14.4 Å². The summed E-state index contributed by atoms with van der Waals surface area (Å²) in [6, 6.07) is 0. The highest BCUT2D eigenvalue weighted by atomic mass is 16.7. The Morgan fingerprint density at radius 2 is 1.90 bits per heavy atom. The average molecular weight is 434 g/mol. The molecule has 2 heterocycles. The van der Waals surface area contributed by atoms with Gasteiger partial charge in [0, 0.05) is 18.1 Å². The van der Waals surface area contributed by atoms with Crippen LogP contribution in [0.3, 0.4) is 0 Å². The number of hydrogen-bond acceptors (Lipinski definition) is 9. The molecule has 0 amide bonds. The van der Waals surface area contributed by atoms with Gasteiger partial charge in [0.25, 0.3) is 0 Å². The summed E-state index contributed by atoms with van der Waals surface area (Å²) in [6.07, 6.45) is -1.45. The van der Waals surface area contributed by atoms with Crippen LogP contribution in [0, 0.1) is 5.92 Å². The molecule has 2 saturated heterocycles. The minimum absolute atomic E-state index is 0.00851. The maximum absolute atomic E-state index is 12.6. The van der Waals surface area contributed by atoms with Gasteiger partial charge in [0.05, 0.1) is 24.2 Å². The minimum Gasteiger partial charge on any atom is -0.466 e. The normalized spacial score (nSPS) is 34.3. The van der Waals surface area contributed by atoms with Crippen molar-refractivity contribution in [1.82, 2.24) is 0 Å². The summed E-state index contributed by atoms with van der Waals surface area (Å²) in [7, 11) is 1.19. The van der Waals surface area contributed by atoms with Gasteiger partial charge in [-0.2, -0.15) is 0 Å². The van der Waals surface area contributed by atoms with Crippen molar-refractivity contribution >= 4 is 23.9 Å². The Labute approximate surface area is 180 Å². The lowest BCUT2D eigenvalue weighted by Gasteiger charge is -2.33. The standard InChI is InChI=1S/C22H26O9/c1-10(2)19(24)29-16-14-11(3)20(25)30-17(14)18-22(5,31-18)9-7-8-13(21(26)27-6)15(16)28-12(4)23/h8,14-18H,1,3,7,9H2,2,4-6H3/t14-,15+,16+,17-,18+,22+/m0/s1. The van der Waals surface area contributed by atoms with Crippen molar-refractivity contribution in [2.45, 2.75) is 63.6 Å². The van der Waals surface area contributed by atoms with Gasteiger partial charge in [-0.3, -0.25) is 4.79 Å². The van der Waals surface area contributed by atoms with E-state index in [2.05, 4.69) is 13.2 Å². The summed E-state index contributed by atoms with van der Waals surface area (Å²) in [6.45, 7) is 11.9. The maximum Gasteiger partial charge on any atom is 0.337 e. The number of carbonyl (C=O) groups is 4. The van der Waals surface area contributed by atoms with E-state index in [1.807, 2.05) is 6.92 Å². The van der Waals surface area contributed by atoms with E-state index < -0.39 is 59.8 Å². The van der Waals surface area contributed by atoms with Gasteiger partial charge in [0.2, 0.25) is 0 Å². The van der Waals surface area contributed by atoms with Crippen molar-refractivity contribution in [3.8, 4) is 0 Å². The van der Waals surface area contributed by atoms with E-state index in [0.29, 0.717) is 12.8 Å². The van der Waals surface area contributed by atoms with Crippen LogP contribution in [0.1, 0.15) is 33.6 Å². The van der Waals surface area contributed by atoms with Crippen molar-refractivity contribution in [1.29, 1.82) is 0 Å². The number of rotatable bonds is 4. The van der Waals surface area contributed by atoms with Crippen LogP contribution in [-0.4, -0.2) is 61.0 Å². The molecule has 0 bridgehead atoms. The third kappa shape index (κ3) is 4.27. The molecule has 6 atom stereocenters. The average Bonchev–Trinajstić information content (AvgIpc) is 3.28. The molecule has 9 nitrogen and oxygen atoms in total. The number of fused-ring (bicyclic) bond motifs is 3. The summed E-state index contributed by atoms with van der Waals surface area (Å²) in [5.41, 5.74) is -0.486. The topological polar surface area (TPSA) is 118 Å². The molecular formula is C22H26O9. The van der Waals surface area contributed by atoms with Crippen LogP contribution in [-0.2, 0) is 42.9 Å². The highest BCUT2D eigenvalue weighted by Gasteiger charge is 2.64. The number of methoxy groups -OCH3 is 1. The van der Waals surface area contributed by atoms with Crippen molar-refractivity contribution < 1.29 is 42.9 Å². The second-order valence-electron chi connectivity index (χ2n) is 8.14. The third-order valence-corrected chi connectivity index (χ3v) is 5.77. The first-order chi connectivity index (χ1) is 14.5. The highest BCUT2D eigenvalue weighted by Crippen LogP contribution is 2.50. The van der Waals surface area contributed by atoms with Gasteiger partial charge < -0.3 is 23.7 Å². The van der Waals surface area contributed by atoms with E-state index in [4.69, 9.17) is 23.7 Å². The number of allylic oxidation sites excluding steroid dienone is 1. The molecule has 2 fully saturated rings. The number of epoxide rings is 1. The second-order valence-corrected chi connectivity index (χ2v) is 8.14. The molecule has 0 spiro atoms. The van der Waals surface area contributed by atoms with Gasteiger partial charge in [-0.1, -0.05) is 19.2 Å². The summed E-state index contributed by atoms with van der Waals surface area (Å²) in [5.74, 6) is -3.84. The van der Waals surface area contributed by atoms with Gasteiger partial charge in [-0.05, 0) is 26.7 Å².